The van der Waals surface area contributed by atoms with Gasteiger partial charge in [0.1, 0.15) is 5.82 Å². The third-order valence-electron chi connectivity index (χ3n) is 8.76. The molecule has 1 heterocycles. The summed E-state index contributed by atoms with van der Waals surface area (Å²) in [4.78, 5) is 26.6. The molecule has 2 aliphatic rings. The summed E-state index contributed by atoms with van der Waals surface area (Å²) in [5.41, 5.74) is -8.14. The normalized spacial score (nSPS) is 25.9. The molecule has 43 heavy (non-hydrogen) atoms. The Hall–Kier alpha value is -2.87. The largest absolute Gasteiger partial charge is 0.611 e. The molecule has 1 amide bonds. The minimum absolute atomic E-state index is 0.0123. The number of rotatable bonds is 6. The number of benzene rings is 2. The summed E-state index contributed by atoms with van der Waals surface area (Å²) in [5.74, 6) is -2.50. The number of alkyl halides is 7. The van der Waals surface area contributed by atoms with Crippen LogP contribution in [0.3, 0.4) is 0 Å². The number of aryl methyl sites for hydroxylation is 1. The number of carboxylic acid groups (broad SMARTS) is 1. The lowest BCUT2D eigenvalue weighted by molar-refractivity contribution is -0.348. The van der Waals surface area contributed by atoms with Crippen molar-refractivity contribution in [2.45, 2.75) is 73.6 Å². The van der Waals surface area contributed by atoms with E-state index in [0.717, 1.165) is 18.2 Å². The van der Waals surface area contributed by atoms with Gasteiger partial charge in [0, 0.05) is 29.5 Å². The molecule has 0 bridgehead atoms. The molecule has 14 heteroatoms. The smallest absolute Gasteiger partial charge is 0.435 e. The maximum Gasteiger partial charge on any atom is 0.435 e. The Balaban J connectivity index is 1.73. The summed E-state index contributed by atoms with van der Waals surface area (Å²) in [6, 6.07) is 6.03. The third-order valence-corrected chi connectivity index (χ3v) is 10.7. The highest BCUT2D eigenvalue weighted by molar-refractivity contribution is 7.92. The summed E-state index contributed by atoms with van der Waals surface area (Å²) in [7, 11) is 0. The lowest BCUT2D eigenvalue weighted by Crippen LogP contribution is -2.50. The molecule has 2 aromatic carbocycles. The fraction of sp³-hybridized carbons (Fsp3) is 0.517. The van der Waals surface area contributed by atoms with Crippen LogP contribution in [0.1, 0.15) is 55.7 Å². The number of carbonyl (C=O) groups is 2. The van der Waals surface area contributed by atoms with E-state index in [2.05, 4.69) is 0 Å². The standard InChI is InChI=1S/C29H29F8NO4S/c1-17-15-21(7-8-22(17)30)43(42)26(19-3-5-20(6-4-19)27(31,28(32,33)34)29(35,36)37)13-14-38(16-26)24(41)25(2)11-9-18(10-12-25)23(39)40/h3-8,15,18H,9-14,16H2,1-2H3,(H,39,40)/t18-,25-,26-,43?/m0/s1. The van der Waals surface area contributed by atoms with Crippen LogP contribution in [0.2, 0.25) is 0 Å². The van der Waals surface area contributed by atoms with Crippen LogP contribution in [-0.4, -0.2) is 51.9 Å². The molecular formula is C29H29F8NO4S. The molecule has 2 atom stereocenters. The summed E-state index contributed by atoms with van der Waals surface area (Å²) in [6.07, 6.45) is -11.6. The van der Waals surface area contributed by atoms with Gasteiger partial charge in [0.15, 0.2) is 9.64 Å². The zero-order valence-electron chi connectivity index (χ0n) is 23.1. The van der Waals surface area contributed by atoms with Gasteiger partial charge in [-0.25, -0.2) is 8.78 Å². The molecule has 1 saturated carbocycles. The van der Waals surface area contributed by atoms with Crippen molar-refractivity contribution < 1.29 is 54.4 Å². The van der Waals surface area contributed by atoms with Crippen molar-refractivity contribution in [1.29, 1.82) is 0 Å². The van der Waals surface area contributed by atoms with Crippen molar-refractivity contribution in [2.75, 3.05) is 13.1 Å². The van der Waals surface area contributed by atoms with Gasteiger partial charge in [-0.3, -0.25) is 9.59 Å². The number of aliphatic carboxylic acids is 1. The van der Waals surface area contributed by atoms with Crippen LogP contribution < -0.4 is 0 Å². The maximum absolute atomic E-state index is 14.7. The van der Waals surface area contributed by atoms with E-state index < -0.39 is 62.6 Å². The second-order valence-electron chi connectivity index (χ2n) is 11.6. The monoisotopic (exact) mass is 639 g/mol. The SMILES string of the molecule is Cc1cc([S+]([O-])[C@@]2(c3ccc(C(F)(C(F)(F)F)C(F)(F)F)cc3)CCN(C(=O)[C@]3(C)CC[C@@H](C(=O)O)CC3)C2)ccc1F. The van der Waals surface area contributed by atoms with Crippen molar-refractivity contribution >= 4 is 23.1 Å². The van der Waals surface area contributed by atoms with Crippen LogP contribution in [-0.2, 0) is 31.2 Å². The van der Waals surface area contributed by atoms with Gasteiger partial charge in [0.25, 0.3) is 0 Å². The molecule has 236 valence electrons. The molecule has 1 saturated heterocycles. The molecule has 1 N–H and O–H groups in total. The van der Waals surface area contributed by atoms with Crippen molar-refractivity contribution in [3.05, 3.63) is 65.0 Å². The lowest BCUT2D eigenvalue weighted by atomic mass is 9.71. The number of hydrogen-bond acceptors (Lipinski definition) is 3. The average molecular weight is 640 g/mol. The van der Waals surface area contributed by atoms with E-state index in [9.17, 15) is 54.4 Å². The molecule has 2 aromatic rings. The second kappa shape index (κ2) is 11.2. The Labute approximate surface area is 245 Å². The molecule has 0 radical (unpaired) electrons. The first kappa shape index (κ1) is 33.0. The highest BCUT2D eigenvalue weighted by Gasteiger charge is 2.73. The van der Waals surface area contributed by atoms with E-state index in [1.54, 1.807) is 6.92 Å². The first-order valence-corrected chi connectivity index (χ1v) is 14.6. The Kier molecular flexibility index (Phi) is 8.64. The van der Waals surface area contributed by atoms with Crippen LogP contribution in [0.15, 0.2) is 47.4 Å². The zero-order chi connectivity index (χ0) is 32.2. The predicted octanol–water partition coefficient (Wildman–Crippen LogP) is 6.94. The van der Waals surface area contributed by atoms with Crippen LogP contribution >= 0.6 is 0 Å². The van der Waals surface area contributed by atoms with Crippen LogP contribution in [0, 0.1) is 24.1 Å². The Bertz CT molecular complexity index is 1360. The fourth-order valence-electron chi connectivity index (χ4n) is 6.00. The van der Waals surface area contributed by atoms with E-state index in [1.807, 2.05) is 0 Å². The first-order valence-electron chi connectivity index (χ1n) is 13.4. The number of halogens is 8. The molecular weight excluding hydrogens is 610 g/mol. The Morgan fingerprint density at radius 2 is 1.51 bits per heavy atom. The van der Waals surface area contributed by atoms with Gasteiger partial charge < -0.3 is 14.6 Å². The van der Waals surface area contributed by atoms with E-state index in [-0.39, 0.29) is 67.1 Å². The number of nitrogens with zero attached hydrogens (tertiary/aromatic N) is 1. The van der Waals surface area contributed by atoms with Crippen LogP contribution in [0.5, 0.6) is 0 Å². The van der Waals surface area contributed by atoms with Gasteiger partial charge in [-0.1, -0.05) is 31.2 Å². The number of carboxylic acids is 1. The highest BCUT2D eigenvalue weighted by atomic mass is 32.2. The maximum atomic E-state index is 14.7. The van der Waals surface area contributed by atoms with Gasteiger partial charge in [0.05, 0.1) is 12.5 Å². The van der Waals surface area contributed by atoms with Crippen molar-refractivity contribution in [1.82, 2.24) is 4.90 Å². The summed E-state index contributed by atoms with van der Waals surface area (Å²) >= 11 is -2.09. The van der Waals surface area contributed by atoms with Gasteiger partial charge in [-0.05, 0) is 67.5 Å². The Morgan fingerprint density at radius 1 is 0.953 bits per heavy atom. The van der Waals surface area contributed by atoms with Crippen molar-refractivity contribution in [3.8, 4) is 0 Å². The first-order chi connectivity index (χ1) is 19.8. The number of carbonyl (C=O) groups excluding carboxylic acids is 1. The molecule has 2 fully saturated rings. The fourth-order valence-corrected chi connectivity index (χ4v) is 7.82. The number of likely N-dealkylation sites (tertiary alicyclic amines) is 1. The average Bonchev–Trinajstić information content (AvgIpc) is 3.39. The minimum Gasteiger partial charge on any atom is -0.611 e. The molecule has 1 aliphatic heterocycles. The van der Waals surface area contributed by atoms with E-state index in [1.165, 1.54) is 24.0 Å². The van der Waals surface area contributed by atoms with Crippen LogP contribution in [0.25, 0.3) is 0 Å². The van der Waals surface area contributed by atoms with Gasteiger partial charge >= 0.3 is 24.0 Å². The second-order valence-corrected chi connectivity index (χ2v) is 13.3. The quantitative estimate of drug-likeness (QED) is 0.274. The third kappa shape index (κ3) is 5.72. The number of hydrogen-bond donors (Lipinski definition) is 1. The molecule has 1 aliphatic carbocycles. The van der Waals surface area contributed by atoms with Gasteiger partial charge in [-0.15, -0.1) is 0 Å². The van der Waals surface area contributed by atoms with E-state index in [0.29, 0.717) is 12.1 Å². The summed E-state index contributed by atoms with van der Waals surface area (Å²) in [6.45, 7) is 2.90. The molecule has 4 rings (SSSR count). The Morgan fingerprint density at radius 3 is 2.00 bits per heavy atom. The van der Waals surface area contributed by atoms with Gasteiger partial charge in [0.2, 0.25) is 5.91 Å². The van der Waals surface area contributed by atoms with E-state index in [4.69, 9.17) is 0 Å². The lowest BCUT2D eigenvalue weighted by Gasteiger charge is -2.38. The van der Waals surface area contributed by atoms with E-state index >= 15 is 0 Å². The summed E-state index contributed by atoms with van der Waals surface area (Å²) in [5, 5.41) is 9.32. The van der Waals surface area contributed by atoms with Crippen molar-refractivity contribution in [3.63, 3.8) is 0 Å². The van der Waals surface area contributed by atoms with Crippen LogP contribution in [0.4, 0.5) is 35.1 Å². The topological polar surface area (TPSA) is 80.7 Å². The number of amides is 1. The predicted molar refractivity (Wildman–Crippen MR) is 139 cm³/mol. The van der Waals surface area contributed by atoms with Crippen molar-refractivity contribution in [2.24, 2.45) is 11.3 Å². The molecule has 5 nitrogen and oxygen atoms in total. The minimum atomic E-state index is -6.31. The molecule has 1 unspecified atom stereocenters. The highest BCUT2D eigenvalue weighted by Crippen LogP contribution is 2.54. The molecule has 0 spiro atoms. The van der Waals surface area contributed by atoms with Gasteiger partial charge in [-0.2, -0.15) is 26.3 Å². The molecule has 0 aromatic heterocycles. The zero-order valence-corrected chi connectivity index (χ0v) is 23.9. The summed E-state index contributed by atoms with van der Waals surface area (Å²) < 4.78 is 121.